The third-order valence-corrected chi connectivity index (χ3v) is 4.94. The monoisotopic (exact) mass is 362 g/mol. The molecule has 0 aliphatic carbocycles. The third kappa shape index (κ3) is 4.22. The van der Waals surface area contributed by atoms with Gasteiger partial charge in [0.1, 0.15) is 5.69 Å². The molecule has 3 aromatic rings. The summed E-state index contributed by atoms with van der Waals surface area (Å²) < 4.78 is 5.38. The predicted molar refractivity (Wildman–Crippen MR) is 101 cm³/mol. The number of benzene rings is 1. The van der Waals surface area contributed by atoms with E-state index in [4.69, 9.17) is 4.52 Å². The molecule has 2 aromatic heterocycles. The van der Waals surface area contributed by atoms with E-state index in [1.807, 2.05) is 41.3 Å². The number of carbonyl (C=O) groups is 1. The Balaban J connectivity index is 1.38. The predicted octanol–water partition coefficient (Wildman–Crippen LogP) is 3.47. The van der Waals surface area contributed by atoms with Crippen LogP contribution in [-0.4, -0.2) is 39.0 Å². The van der Waals surface area contributed by atoms with Crippen molar-refractivity contribution in [2.45, 2.75) is 31.6 Å². The highest BCUT2D eigenvalue weighted by Gasteiger charge is 2.28. The Bertz CT molecular complexity index is 879. The molecule has 0 spiro atoms. The molecule has 0 N–H and O–H groups in total. The van der Waals surface area contributed by atoms with E-state index >= 15 is 0 Å². The lowest BCUT2D eigenvalue weighted by atomic mass is 9.97. The standard InChI is InChI=1S/C21H22N4O2/c26-19(12-11-16-7-2-1-3-8-16)25-14-6-9-17(15-25)20-23-21(27-24-20)18-10-4-5-13-22-18/h1-5,7-8,10,13,17H,6,9,11-12,14-15H2/t17-/m0/s1. The Morgan fingerprint density at radius 3 is 2.81 bits per heavy atom. The molecule has 6 heteroatoms. The molecule has 1 fully saturated rings. The van der Waals surface area contributed by atoms with Crippen LogP contribution >= 0.6 is 0 Å². The Morgan fingerprint density at radius 1 is 1.15 bits per heavy atom. The minimum absolute atomic E-state index is 0.112. The number of rotatable bonds is 5. The van der Waals surface area contributed by atoms with E-state index < -0.39 is 0 Å². The fraction of sp³-hybridized carbons (Fsp3) is 0.333. The van der Waals surface area contributed by atoms with Crippen molar-refractivity contribution in [1.82, 2.24) is 20.0 Å². The molecule has 0 radical (unpaired) electrons. The minimum atomic E-state index is 0.112. The summed E-state index contributed by atoms with van der Waals surface area (Å²) in [5.41, 5.74) is 1.86. The van der Waals surface area contributed by atoms with Crippen LogP contribution in [0.3, 0.4) is 0 Å². The van der Waals surface area contributed by atoms with E-state index in [0.717, 1.165) is 25.8 Å². The number of likely N-dealkylation sites (tertiary alicyclic amines) is 1. The van der Waals surface area contributed by atoms with E-state index in [1.165, 1.54) is 5.56 Å². The molecule has 0 bridgehead atoms. The normalized spacial score (nSPS) is 17.0. The number of piperidine rings is 1. The fourth-order valence-electron chi connectivity index (χ4n) is 3.46. The molecule has 138 valence electrons. The summed E-state index contributed by atoms with van der Waals surface area (Å²) in [6.45, 7) is 1.45. The van der Waals surface area contributed by atoms with E-state index in [-0.39, 0.29) is 11.8 Å². The molecule has 0 saturated carbocycles. The Kier molecular flexibility index (Phi) is 5.23. The number of nitrogens with zero attached hydrogens (tertiary/aromatic N) is 4. The molecule has 3 heterocycles. The highest BCUT2D eigenvalue weighted by atomic mass is 16.5. The number of hydrogen-bond donors (Lipinski definition) is 0. The number of aryl methyl sites for hydroxylation is 1. The highest BCUT2D eigenvalue weighted by molar-refractivity contribution is 5.76. The van der Waals surface area contributed by atoms with Gasteiger partial charge >= 0.3 is 0 Å². The Labute approximate surface area is 158 Å². The zero-order valence-corrected chi connectivity index (χ0v) is 15.1. The molecular formula is C21H22N4O2. The summed E-state index contributed by atoms with van der Waals surface area (Å²) in [6.07, 6.45) is 4.92. The van der Waals surface area contributed by atoms with Gasteiger partial charge in [-0.25, -0.2) is 0 Å². The summed E-state index contributed by atoms with van der Waals surface area (Å²) in [4.78, 5) is 23.3. The molecule has 1 aromatic carbocycles. The van der Waals surface area contributed by atoms with Crippen molar-refractivity contribution in [3.05, 3.63) is 66.1 Å². The van der Waals surface area contributed by atoms with Gasteiger partial charge in [0.15, 0.2) is 5.82 Å². The van der Waals surface area contributed by atoms with Crippen LogP contribution in [0.25, 0.3) is 11.6 Å². The van der Waals surface area contributed by atoms with Gasteiger partial charge < -0.3 is 9.42 Å². The van der Waals surface area contributed by atoms with Crippen molar-refractivity contribution in [1.29, 1.82) is 0 Å². The van der Waals surface area contributed by atoms with Crippen molar-refractivity contribution >= 4 is 5.91 Å². The van der Waals surface area contributed by atoms with Crippen LogP contribution < -0.4 is 0 Å². The highest BCUT2D eigenvalue weighted by Crippen LogP contribution is 2.27. The van der Waals surface area contributed by atoms with Crippen molar-refractivity contribution in [3.8, 4) is 11.6 Å². The molecule has 6 nitrogen and oxygen atoms in total. The largest absolute Gasteiger partial charge is 0.342 e. The Hall–Kier alpha value is -3.02. The van der Waals surface area contributed by atoms with E-state index in [9.17, 15) is 4.79 Å². The molecule has 1 saturated heterocycles. The number of amides is 1. The van der Waals surface area contributed by atoms with Gasteiger partial charge in [0, 0.05) is 31.6 Å². The molecule has 27 heavy (non-hydrogen) atoms. The van der Waals surface area contributed by atoms with E-state index in [2.05, 4.69) is 27.3 Å². The van der Waals surface area contributed by atoms with E-state index in [0.29, 0.717) is 30.4 Å². The number of carbonyl (C=O) groups excluding carboxylic acids is 1. The van der Waals surface area contributed by atoms with Crippen LogP contribution in [-0.2, 0) is 11.2 Å². The van der Waals surface area contributed by atoms with Gasteiger partial charge in [-0.3, -0.25) is 9.78 Å². The summed E-state index contributed by atoms with van der Waals surface area (Å²) in [6, 6.07) is 15.7. The maximum Gasteiger partial charge on any atom is 0.276 e. The van der Waals surface area contributed by atoms with E-state index in [1.54, 1.807) is 6.20 Å². The lowest BCUT2D eigenvalue weighted by molar-refractivity contribution is -0.132. The van der Waals surface area contributed by atoms with Crippen molar-refractivity contribution in [2.75, 3.05) is 13.1 Å². The van der Waals surface area contributed by atoms with Crippen LogP contribution in [0.4, 0.5) is 0 Å². The van der Waals surface area contributed by atoms with Crippen LogP contribution in [0.1, 0.15) is 36.6 Å². The maximum absolute atomic E-state index is 12.6. The number of aromatic nitrogens is 3. The zero-order chi connectivity index (χ0) is 18.5. The maximum atomic E-state index is 12.6. The minimum Gasteiger partial charge on any atom is -0.342 e. The second-order valence-corrected chi connectivity index (χ2v) is 6.84. The summed E-state index contributed by atoms with van der Waals surface area (Å²) in [5.74, 6) is 1.40. The molecular weight excluding hydrogens is 340 g/mol. The lowest BCUT2D eigenvalue weighted by Crippen LogP contribution is -2.39. The Morgan fingerprint density at radius 2 is 2.00 bits per heavy atom. The topological polar surface area (TPSA) is 72.1 Å². The van der Waals surface area contributed by atoms with Crippen LogP contribution in [0, 0.1) is 0 Å². The first kappa shape index (κ1) is 17.4. The van der Waals surface area contributed by atoms with Gasteiger partial charge in [0.05, 0.1) is 0 Å². The molecule has 1 amide bonds. The van der Waals surface area contributed by atoms with Gasteiger partial charge in [0.2, 0.25) is 5.91 Å². The average Bonchev–Trinajstić information content (AvgIpc) is 3.24. The quantitative estimate of drug-likeness (QED) is 0.695. The first-order valence-electron chi connectivity index (χ1n) is 9.36. The fourth-order valence-corrected chi connectivity index (χ4v) is 3.46. The summed E-state index contributed by atoms with van der Waals surface area (Å²) in [5, 5.41) is 4.14. The van der Waals surface area contributed by atoms with Crippen molar-refractivity contribution < 1.29 is 9.32 Å². The number of pyridine rings is 1. The zero-order valence-electron chi connectivity index (χ0n) is 15.1. The van der Waals surface area contributed by atoms with Gasteiger partial charge in [-0.05, 0) is 37.0 Å². The summed E-state index contributed by atoms with van der Waals surface area (Å²) >= 11 is 0. The molecule has 1 aliphatic rings. The second-order valence-electron chi connectivity index (χ2n) is 6.84. The third-order valence-electron chi connectivity index (χ3n) is 4.94. The summed E-state index contributed by atoms with van der Waals surface area (Å²) in [7, 11) is 0. The molecule has 4 rings (SSSR count). The lowest BCUT2D eigenvalue weighted by Gasteiger charge is -2.31. The van der Waals surface area contributed by atoms with Gasteiger partial charge in [-0.15, -0.1) is 0 Å². The number of hydrogen-bond acceptors (Lipinski definition) is 5. The van der Waals surface area contributed by atoms with Gasteiger partial charge in [-0.1, -0.05) is 41.6 Å². The van der Waals surface area contributed by atoms with Crippen LogP contribution in [0.2, 0.25) is 0 Å². The first-order valence-corrected chi connectivity index (χ1v) is 9.36. The van der Waals surface area contributed by atoms with Crippen molar-refractivity contribution in [3.63, 3.8) is 0 Å². The van der Waals surface area contributed by atoms with Gasteiger partial charge in [-0.2, -0.15) is 4.98 Å². The van der Waals surface area contributed by atoms with Crippen LogP contribution in [0.15, 0.2) is 59.3 Å². The van der Waals surface area contributed by atoms with Crippen molar-refractivity contribution in [2.24, 2.45) is 0 Å². The van der Waals surface area contributed by atoms with Gasteiger partial charge in [0.25, 0.3) is 5.89 Å². The SMILES string of the molecule is O=C(CCc1ccccc1)N1CCC[C@H](c2noc(-c3ccccn3)n2)C1. The first-order chi connectivity index (χ1) is 13.3. The molecule has 1 atom stereocenters. The average molecular weight is 362 g/mol. The molecule has 1 aliphatic heterocycles. The van der Waals surface area contributed by atoms with Crippen LogP contribution in [0.5, 0.6) is 0 Å². The second kappa shape index (κ2) is 8.12. The molecule has 0 unspecified atom stereocenters. The smallest absolute Gasteiger partial charge is 0.276 e.